The van der Waals surface area contributed by atoms with Gasteiger partial charge in [-0.1, -0.05) is 6.42 Å². The second-order valence-electron chi connectivity index (χ2n) is 4.67. The van der Waals surface area contributed by atoms with Crippen molar-refractivity contribution in [1.29, 1.82) is 0 Å². The number of aromatic nitrogens is 1. The lowest BCUT2D eigenvalue weighted by atomic mass is 10.0. The van der Waals surface area contributed by atoms with Crippen LogP contribution in [0.4, 0.5) is 5.13 Å². The van der Waals surface area contributed by atoms with Crippen LogP contribution >= 0.6 is 11.3 Å². The van der Waals surface area contributed by atoms with Crippen molar-refractivity contribution in [3.63, 3.8) is 0 Å². The Kier molecular flexibility index (Phi) is 4.22. The number of amides is 1. The number of aryl methyl sites for hydroxylation is 1. The molecule has 0 spiro atoms. The van der Waals surface area contributed by atoms with Gasteiger partial charge in [0.05, 0.1) is 11.9 Å². The fourth-order valence-corrected chi connectivity index (χ4v) is 3.98. The van der Waals surface area contributed by atoms with Crippen LogP contribution in [-0.2, 0) is 14.8 Å². The molecule has 1 aliphatic heterocycles. The largest absolute Gasteiger partial charge is 0.301 e. The van der Waals surface area contributed by atoms with E-state index < -0.39 is 16.1 Å². The maximum atomic E-state index is 12.2. The van der Waals surface area contributed by atoms with E-state index in [0.717, 1.165) is 24.8 Å². The summed E-state index contributed by atoms with van der Waals surface area (Å²) in [4.78, 5) is 16.3. The van der Waals surface area contributed by atoms with Gasteiger partial charge in [-0.25, -0.2) is 13.4 Å². The van der Waals surface area contributed by atoms with Crippen molar-refractivity contribution in [3.05, 3.63) is 11.1 Å². The summed E-state index contributed by atoms with van der Waals surface area (Å²) in [5, 5.41) is 5.05. The predicted molar refractivity (Wildman–Crippen MR) is 74.7 cm³/mol. The zero-order chi connectivity index (χ0) is 14.0. The van der Waals surface area contributed by atoms with Crippen LogP contribution in [0.2, 0.25) is 0 Å². The van der Waals surface area contributed by atoms with E-state index in [4.69, 9.17) is 0 Å². The molecule has 8 heteroatoms. The van der Waals surface area contributed by atoms with Gasteiger partial charge in [0.1, 0.15) is 6.04 Å². The number of nitrogens with zero attached hydrogens (tertiary/aromatic N) is 2. The van der Waals surface area contributed by atoms with Crippen molar-refractivity contribution >= 4 is 32.4 Å². The predicted octanol–water partition coefficient (Wildman–Crippen LogP) is 1.20. The third kappa shape index (κ3) is 3.52. The van der Waals surface area contributed by atoms with Crippen LogP contribution in [-0.4, -0.2) is 42.5 Å². The van der Waals surface area contributed by atoms with Gasteiger partial charge in [-0.05, 0) is 19.8 Å². The van der Waals surface area contributed by atoms with Crippen molar-refractivity contribution in [3.8, 4) is 0 Å². The van der Waals surface area contributed by atoms with Gasteiger partial charge in [-0.3, -0.25) is 4.79 Å². The van der Waals surface area contributed by atoms with Crippen LogP contribution in [0.5, 0.6) is 0 Å². The first kappa shape index (κ1) is 14.4. The maximum Gasteiger partial charge on any atom is 0.244 e. The summed E-state index contributed by atoms with van der Waals surface area (Å²) in [6.07, 6.45) is 3.36. The maximum absolute atomic E-state index is 12.2. The standard InChI is InChI=1S/C11H17N3O3S2/c1-8-7-18-11(12-8)13-10(15)9-5-3-4-6-14(9)19(2,16)17/h7,9H,3-6H2,1-2H3,(H,12,13,15). The van der Waals surface area contributed by atoms with Crippen molar-refractivity contribution in [2.45, 2.75) is 32.2 Å². The molecule has 0 aromatic carbocycles. The van der Waals surface area contributed by atoms with Crippen molar-refractivity contribution in [1.82, 2.24) is 9.29 Å². The molecule has 0 bridgehead atoms. The van der Waals surface area contributed by atoms with E-state index in [2.05, 4.69) is 10.3 Å². The third-order valence-electron chi connectivity index (χ3n) is 3.03. The summed E-state index contributed by atoms with van der Waals surface area (Å²) in [7, 11) is -3.35. The van der Waals surface area contributed by atoms with Gasteiger partial charge < -0.3 is 5.32 Å². The van der Waals surface area contributed by atoms with Gasteiger partial charge in [0.15, 0.2) is 5.13 Å². The topological polar surface area (TPSA) is 79.4 Å². The second-order valence-corrected chi connectivity index (χ2v) is 7.46. The van der Waals surface area contributed by atoms with Crippen LogP contribution in [0.25, 0.3) is 0 Å². The van der Waals surface area contributed by atoms with Crippen LogP contribution in [0.3, 0.4) is 0 Å². The summed E-state index contributed by atoms with van der Waals surface area (Å²) in [5.74, 6) is -0.292. The molecule has 0 saturated carbocycles. The van der Waals surface area contributed by atoms with E-state index in [1.165, 1.54) is 15.6 Å². The number of carbonyl (C=O) groups excluding carboxylic acids is 1. The highest BCUT2D eigenvalue weighted by Crippen LogP contribution is 2.22. The lowest BCUT2D eigenvalue weighted by Gasteiger charge is -2.32. The fraction of sp³-hybridized carbons (Fsp3) is 0.636. The molecule has 6 nitrogen and oxygen atoms in total. The SMILES string of the molecule is Cc1csc(NC(=O)C2CCCCN2S(C)(=O)=O)n1. The number of thiazole rings is 1. The number of hydrogen-bond donors (Lipinski definition) is 1. The molecule has 1 aromatic heterocycles. The molecule has 1 fully saturated rings. The Balaban J connectivity index is 2.12. The Labute approximate surface area is 116 Å². The molecule has 19 heavy (non-hydrogen) atoms. The lowest BCUT2D eigenvalue weighted by molar-refractivity contribution is -0.120. The quantitative estimate of drug-likeness (QED) is 0.910. The molecule has 1 aliphatic rings. The van der Waals surface area contributed by atoms with Gasteiger partial charge in [-0.15, -0.1) is 11.3 Å². The molecular formula is C11H17N3O3S2. The number of sulfonamides is 1. The van der Waals surface area contributed by atoms with Crippen LogP contribution in [0.1, 0.15) is 25.0 Å². The van der Waals surface area contributed by atoms with Gasteiger partial charge >= 0.3 is 0 Å². The summed E-state index contributed by atoms with van der Waals surface area (Å²) >= 11 is 1.34. The first-order chi connectivity index (χ1) is 8.88. The average Bonchev–Trinajstić information content (AvgIpc) is 2.73. The molecule has 106 valence electrons. The van der Waals surface area contributed by atoms with E-state index in [-0.39, 0.29) is 5.91 Å². The first-order valence-electron chi connectivity index (χ1n) is 6.08. The summed E-state index contributed by atoms with van der Waals surface area (Å²) < 4.78 is 24.7. The number of anilines is 1. The molecule has 1 amide bonds. The Morgan fingerprint density at radius 2 is 2.26 bits per heavy atom. The molecule has 1 atom stereocenters. The zero-order valence-electron chi connectivity index (χ0n) is 10.9. The smallest absolute Gasteiger partial charge is 0.244 e. The molecule has 1 N–H and O–H groups in total. The Morgan fingerprint density at radius 1 is 1.53 bits per heavy atom. The highest BCUT2D eigenvalue weighted by Gasteiger charge is 2.34. The monoisotopic (exact) mass is 303 g/mol. The Hall–Kier alpha value is -0.990. The van der Waals surface area contributed by atoms with Gasteiger partial charge in [0.25, 0.3) is 0 Å². The first-order valence-corrected chi connectivity index (χ1v) is 8.80. The van der Waals surface area contributed by atoms with Crippen LogP contribution in [0.15, 0.2) is 5.38 Å². The Bertz CT molecular complexity index is 567. The highest BCUT2D eigenvalue weighted by molar-refractivity contribution is 7.88. The minimum atomic E-state index is -3.35. The number of hydrogen-bond acceptors (Lipinski definition) is 5. The van der Waals surface area contributed by atoms with Crippen molar-refractivity contribution < 1.29 is 13.2 Å². The van der Waals surface area contributed by atoms with E-state index in [9.17, 15) is 13.2 Å². The van der Waals surface area contributed by atoms with Crippen molar-refractivity contribution in [2.24, 2.45) is 0 Å². The van der Waals surface area contributed by atoms with Gasteiger partial charge in [0.2, 0.25) is 15.9 Å². The minimum absolute atomic E-state index is 0.292. The summed E-state index contributed by atoms with van der Waals surface area (Å²) in [6.45, 7) is 2.25. The number of piperidine rings is 1. The van der Waals surface area contributed by atoms with Gasteiger partial charge in [-0.2, -0.15) is 4.31 Å². The lowest BCUT2D eigenvalue weighted by Crippen LogP contribution is -2.49. The van der Waals surface area contributed by atoms with Crippen LogP contribution < -0.4 is 5.32 Å². The number of rotatable bonds is 3. The molecule has 1 saturated heterocycles. The second kappa shape index (κ2) is 5.56. The van der Waals surface area contributed by atoms with Crippen LogP contribution in [0, 0.1) is 6.92 Å². The molecule has 0 radical (unpaired) electrons. The van der Waals surface area contributed by atoms with E-state index in [1.54, 1.807) is 0 Å². The van der Waals surface area contributed by atoms with E-state index in [0.29, 0.717) is 18.1 Å². The molecule has 0 aliphatic carbocycles. The Morgan fingerprint density at radius 3 is 2.84 bits per heavy atom. The van der Waals surface area contributed by atoms with E-state index >= 15 is 0 Å². The third-order valence-corrected chi connectivity index (χ3v) is 5.20. The molecular weight excluding hydrogens is 286 g/mol. The highest BCUT2D eigenvalue weighted by atomic mass is 32.2. The fourth-order valence-electron chi connectivity index (χ4n) is 2.16. The molecule has 1 unspecified atom stereocenters. The molecule has 1 aromatic rings. The number of nitrogens with one attached hydrogen (secondary N) is 1. The zero-order valence-corrected chi connectivity index (χ0v) is 12.6. The van der Waals surface area contributed by atoms with Crippen molar-refractivity contribution in [2.75, 3.05) is 18.1 Å². The van der Waals surface area contributed by atoms with Gasteiger partial charge in [0, 0.05) is 11.9 Å². The minimum Gasteiger partial charge on any atom is -0.301 e. The number of carbonyl (C=O) groups is 1. The summed E-state index contributed by atoms with van der Waals surface area (Å²) in [5.41, 5.74) is 0.837. The normalized spacial score (nSPS) is 21.3. The van der Waals surface area contributed by atoms with E-state index in [1.807, 2.05) is 12.3 Å². The molecule has 2 rings (SSSR count). The average molecular weight is 303 g/mol. The summed E-state index contributed by atoms with van der Waals surface area (Å²) in [6, 6.07) is -0.618. The molecule has 2 heterocycles.